The highest BCUT2D eigenvalue weighted by atomic mass is 16.3. The summed E-state index contributed by atoms with van der Waals surface area (Å²) in [5.41, 5.74) is 8.91. The van der Waals surface area contributed by atoms with Crippen molar-refractivity contribution in [1.29, 1.82) is 0 Å². The number of fused-ring (bicyclic) bond motifs is 12. The molecule has 0 N–H and O–H groups in total. The Morgan fingerprint density at radius 1 is 0.339 bits per heavy atom. The van der Waals surface area contributed by atoms with Crippen molar-refractivity contribution >= 4 is 87.2 Å². The second-order valence-corrected chi connectivity index (χ2v) is 15.1. The third-order valence-corrected chi connectivity index (χ3v) is 11.8. The number of rotatable bonds is 4. The summed E-state index contributed by atoms with van der Waals surface area (Å²) in [5.74, 6) is 1.70. The minimum atomic E-state index is 0.553. The van der Waals surface area contributed by atoms with Crippen LogP contribution in [0, 0.1) is 0 Å². The van der Waals surface area contributed by atoms with Crippen LogP contribution >= 0.6 is 0 Å². The highest BCUT2D eigenvalue weighted by Crippen LogP contribution is 2.43. The lowest BCUT2D eigenvalue weighted by atomic mass is 10.0. The van der Waals surface area contributed by atoms with Gasteiger partial charge in [-0.05, 0) is 64.0 Å². The first-order valence-electron chi connectivity index (χ1n) is 19.8. The third kappa shape index (κ3) is 4.77. The van der Waals surface area contributed by atoms with E-state index in [0.717, 1.165) is 98.8 Å². The molecule has 0 amide bonds. The van der Waals surface area contributed by atoms with Crippen molar-refractivity contribution in [3.8, 4) is 39.9 Å². The molecule has 0 spiro atoms. The van der Waals surface area contributed by atoms with Crippen LogP contribution in [0.2, 0.25) is 0 Å². The van der Waals surface area contributed by atoms with Gasteiger partial charge in [0.2, 0.25) is 0 Å². The first kappa shape index (κ1) is 32.0. The molecule has 0 unspecified atom stereocenters. The topological polar surface area (TPSA) is 69.9 Å². The average molecular weight is 755 g/mol. The smallest absolute Gasteiger partial charge is 0.166 e. The van der Waals surface area contributed by atoms with Crippen LogP contribution in [0.1, 0.15) is 0 Å². The molecule has 0 aliphatic heterocycles. The fraction of sp³-hybridized carbons (Fsp3) is 0. The van der Waals surface area contributed by atoms with E-state index in [0.29, 0.717) is 17.5 Å². The van der Waals surface area contributed by atoms with E-state index in [9.17, 15) is 0 Å². The summed E-state index contributed by atoms with van der Waals surface area (Å²) in [5, 5.41) is 11.0. The Hall–Kier alpha value is -8.09. The Morgan fingerprint density at radius 2 is 0.983 bits per heavy atom. The Labute approximate surface area is 336 Å². The van der Waals surface area contributed by atoms with E-state index < -0.39 is 0 Å². The summed E-state index contributed by atoms with van der Waals surface area (Å²) in [4.78, 5) is 16.0. The number of furan rings is 2. The van der Waals surface area contributed by atoms with Gasteiger partial charge in [-0.2, -0.15) is 0 Å². The molecular weight excluding hydrogens is 725 g/mol. The number of hydrogen-bond donors (Lipinski definition) is 0. The van der Waals surface area contributed by atoms with Crippen LogP contribution in [0.25, 0.3) is 127 Å². The molecule has 0 aliphatic carbocycles. The van der Waals surface area contributed by atoms with Gasteiger partial charge in [0.25, 0.3) is 0 Å². The van der Waals surface area contributed by atoms with Crippen molar-refractivity contribution in [2.75, 3.05) is 0 Å². The maximum Gasteiger partial charge on any atom is 0.166 e. The van der Waals surface area contributed by atoms with Gasteiger partial charge in [0, 0.05) is 55.1 Å². The summed E-state index contributed by atoms with van der Waals surface area (Å²) < 4.78 is 15.5. The van der Waals surface area contributed by atoms with Crippen LogP contribution < -0.4 is 0 Å². The first-order chi connectivity index (χ1) is 29.2. The van der Waals surface area contributed by atoms with Gasteiger partial charge in [-0.25, -0.2) is 15.0 Å². The monoisotopic (exact) mass is 754 g/mol. The molecule has 4 aromatic heterocycles. The molecule has 6 nitrogen and oxygen atoms in total. The van der Waals surface area contributed by atoms with E-state index in [1.54, 1.807) is 0 Å². The quantitative estimate of drug-likeness (QED) is 0.179. The highest BCUT2D eigenvalue weighted by Gasteiger charge is 2.24. The van der Waals surface area contributed by atoms with Gasteiger partial charge in [-0.3, -0.25) is 0 Å². The van der Waals surface area contributed by atoms with E-state index >= 15 is 0 Å². The third-order valence-electron chi connectivity index (χ3n) is 11.8. The van der Waals surface area contributed by atoms with Crippen molar-refractivity contribution < 1.29 is 8.83 Å². The van der Waals surface area contributed by atoms with Gasteiger partial charge in [0.15, 0.2) is 17.5 Å². The van der Waals surface area contributed by atoms with E-state index in [1.165, 1.54) is 10.8 Å². The molecule has 13 rings (SSSR count). The van der Waals surface area contributed by atoms with Gasteiger partial charge in [-0.1, -0.05) is 133 Å². The van der Waals surface area contributed by atoms with Crippen LogP contribution in [0.3, 0.4) is 0 Å². The largest absolute Gasteiger partial charge is 0.456 e. The Bertz CT molecular complexity index is 3860. The molecule has 0 atom stereocenters. The van der Waals surface area contributed by atoms with Crippen LogP contribution in [0.5, 0.6) is 0 Å². The number of benzene rings is 9. The lowest BCUT2D eigenvalue weighted by Gasteiger charge is -2.15. The van der Waals surface area contributed by atoms with E-state index in [4.69, 9.17) is 23.8 Å². The molecule has 0 bridgehead atoms. The summed E-state index contributed by atoms with van der Waals surface area (Å²) in [6, 6.07) is 63.2. The maximum absolute atomic E-state index is 6.77. The molecule has 0 radical (unpaired) electrons. The van der Waals surface area contributed by atoms with Crippen molar-refractivity contribution in [2.24, 2.45) is 0 Å². The number of para-hydroxylation sites is 2. The van der Waals surface area contributed by atoms with Gasteiger partial charge in [0.05, 0.1) is 16.7 Å². The summed E-state index contributed by atoms with van der Waals surface area (Å²) in [6.45, 7) is 0. The molecule has 9 aromatic carbocycles. The molecule has 4 heterocycles. The SMILES string of the molecule is c1ccc(-c2nc(-c3cc4c(cc3-n3c5ccccc5c5cc6ccccc6cc53)oc3ccc5ccccc5c34)nc(-c3cccc4oc5ccccc5c34)n2)cc1. The van der Waals surface area contributed by atoms with Crippen molar-refractivity contribution in [3.05, 3.63) is 182 Å². The molecule has 0 saturated carbocycles. The summed E-state index contributed by atoms with van der Waals surface area (Å²) in [7, 11) is 0. The zero-order valence-corrected chi connectivity index (χ0v) is 31.4. The Balaban J connectivity index is 1.19. The number of aromatic nitrogens is 4. The zero-order valence-electron chi connectivity index (χ0n) is 31.4. The fourth-order valence-corrected chi connectivity index (χ4v) is 9.15. The van der Waals surface area contributed by atoms with Crippen molar-refractivity contribution in [1.82, 2.24) is 19.5 Å². The van der Waals surface area contributed by atoms with Crippen LogP contribution in [0.15, 0.2) is 191 Å². The lowest BCUT2D eigenvalue weighted by molar-refractivity contribution is 0.668. The normalized spacial score (nSPS) is 12.1. The number of hydrogen-bond acceptors (Lipinski definition) is 5. The molecule has 0 fully saturated rings. The minimum Gasteiger partial charge on any atom is -0.456 e. The molecule has 13 aromatic rings. The second kappa shape index (κ2) is 12.2. The Morgan fingerprint density at radius 3 is 1.85 bits per heavy atom. The number of nitrogens with zero attached hydrogens (tertiary/aromatic N) is 4. The minimum absolute atomic E-state index is 0.553. The highest BCUT2D eigenvalue weighted by molar-refractivity contribution is 6.20. The predicted molar refractivity (Wildman–Crippen MR) is 240 cm³/mol. The van der Waals surface area contributed by atoms with Gasteiger partial charge in [-0.15, -0.1) is 0 Å². The molecule has 6 heteroatoms. The van der Waals surface area contributed by atoms with Crippen LogP contribution in [0.4, 0.5) is 0 Å². The van der Waals surface area contributed by atoms with E-state index in [1.807, 2.05) is 48.5 Å². The molecule has 0 aliphatic rings. The van der Waals surface area contributed by atoms with Crippen LogP contribution in [-0.4, -0.2) is 19.5 Å². The molecule has 274 valence electrons. The van der Waals surface area contributed by atoms with Crippen LogP contribution in [-0.2, 0) is 0 Å². The van der Waals surface area contributed by atoms with Crippen molar-refractivity contribution in [3.63, 3.8) is 0 Å². The van der Waals surface area contributed by atoms with Gasteiger partial charge >= 0.3 is 0 Å². The van der Waals surface area contributed by atoms with E-state index in [2.05, 4.69) is 138 Å². The summed E-state index contributed by atoms with van der Waals surface area (Å²) in [6.07, 6.45) is 0. The van der Waals surface area contributed by atoms with E-state index in [-0.39, 0.29) is 0 Å². The molecular formula is C53H30N4O2. The maximum atomic E-state index is 6.77. The Kier molecular flexibility index (Phi) is 6.63. The summed E-state index contributed by atoms with van der Waals surface area (Å²) >= 11 is 0. The molecule has 59 heavy (non-hydrogen) atoms. The van der Waals surface area contributed by atoms with Crippen molar-refractivity contribution in [2.45, 2.75) is 0 Å². The van der Waals surface area contributed by atoms with Gasteiger partial charge in [0.1, 0.15) is 22.3 Å². The van der Waals surface area contributed by atoms with Gasteiger partial charge < -0.3 is 13.4 Å². The predicted octanol–water partition coefficient (Wildman–Crippen LogP) is 14.1. The standard InChI is InChI=1S/C53H30N4O2/c1-2-14-32(15-3-1)51-54-52(38-21-12-24-46-50(38)37-20-9-11-23-45(37)58-46)56-53(55-51)40-29-41-48(59-47-26-25-31-13-6-7-18-35(31)49(41)47)30-44(40)57-42-22-10-8-19-36(42)39-27-33-16-4-5-17-34(33)28-43(39)57/h1-30H. The second-order valence-electron chi connectivity index (χ2n) is 15.1. The average Bonchev–Trinajstić information content (AvgIpc) is 3.97. The first-order valence-corrected chi connectivity index (χ1v) is 19.8. The molecule has 0 saturated heterocycles. The lowest BCUT2D eigenvalue weighted by Crippen LogP contribution is -2.04. The zero-order chi connectivity index (χ0) is 38.6. The fourth-order valence-electron chi connectivity index (χ4n) is 9.15.